The fourth-order valence-electron chi connectivity index (χ4n) is 2.27. The van der Waals surface area contributed by atoms with Gasteiger partial charge < -0.3 is 10.4 Å². The highest BCUT2D eigenvalue weighted by molar-refractivity contribution is 5.96. The number of fused-ring (bicyclic) bond motifs is 1. The molecular weight excluding hydrogens is 258 g/mol. The molecule has 0 aliphatic carbocycles. The summed E-state index contributed by atoms with van der Waals surface area (Å²) in [6.45, 7) is 3.67. The number of nitrogens with zero attached hydrogens (tertiary/aromatic N) is 2. The van der Waals surface area contributed by atoms with Crippen molar-refractivity contribution in [1.82, 2.24) is 4.98 Å². The van der Waals surface area contributed by atoms with Crippen molar-refractivity contribution in [2.45, 2.75) is 32.4 Å². The summed E-state index contributed by atoms with van der Waals surface area (Å²) in [5.41, 5.74) is 1.35. The van der Waals surface area contributed by atoms with Gasteiger partial charge in [-0.1, -0.05) is 0 Å². The first-order valence-corrected chi connectivity index (χ1v) is 6.45. The molecule has 0 fully saturated rings. The zero-order chi connectivity index (χ0) is 14.7. The molecule has 2 aromatic rings. The van der Waals surface area contributed by atoms with Crippen molar-refractivity contribution in [2.75, 3.05) is 5.32 Å². The van der Waals surface area contributed by atoms with E-state index >= 15 is 0 Å². The molecule has 0 bridgehead atoms. The normalized spacial score (nSPS) is 13.9. The Morgan fingerprint density at radius 2 is 2.15 bits per heavy atom. The number of non-ortho nitro benzene ring substituents is 1. The van der Waals surface area contributed by atoms with Gasteiger partial charge in [-0.2, -0.15) is 0 Å². The van der Waals surface area contributed by atoms with Crippen LogP contribution in [0.2, 0.25) is 0 Å². The number of nitrogens with one attached hydrogen (secondary N) is 1. The number of anilines is 1. The molecule has 0 saturated heterocycles. The zero-order valence-electron chi connectivity index (χ0n) is 11.4. The fraction of sp³-hybridized carbons (Fsp3) is 0.357. The summed E-state index contributed by atoms with van der Waals surface area (Å²) >= 11 is 0. The highest BCUT2D eigenvalue weighted by atomic mass is 16.6. The Labute approximate surface area is 116 Å². The third-order valence-electron chi connectivity index (χ3n) is 3.04. The maximum atomic E-state index is 11.0. The van der Waals surface area contributed by atoms with Crippen LogP contribution in [0.4, 0.5) is 11.4 Å². The number of nitro groups is 1. The molecule has 0 aliphatic heterocycles. The first kappa shape index (κ1) is 14.2. The molecule has 1 aromatic carbocycles. The molecule has 0 saturated carbocycles. The van der Waals surface area contributed by atoms with Crippen molar-refractivity contribution in [2.24, 2.45) is 0 Å². The highest BCUT2D eigenvalue weighted by Gasteiger charge is 2.16. The van der Waals surface area contributed by atoms with Crippen molar-refractivity contribution in [3.05, 3.63) is 40.6 Å². The number of hydrogen-bond acceptors (Lipinski definition) is 5. The smallest absolute Gasteiger partial charge is 0.278 e. The van der Waals surface area contributed by atoms with Gasteiger partial charge in [-0.25, -0.2) is 0 Å². The number of rotatable bonds is 5. The quantitative estimate of drug-likeness (QED) is 0.647. The molecular formula is C14H17N3O3. The predicted molar refractivity (Wildman–Crippen MR) is 77.8 cm³/mol. The van der Waals surface area contributed by atoms with Crippen LogP contribution in [0, 0.1) is 10.1 Å². The molecule has 0 amide bonds. The van der Waals surface area contributed by atoms with E-state index in [0.29, 0.717) is 17.3 Å². The van der Waals surface area contributed by atoms with Crippen LogP contribution in [0.15, 0.2) is 30.5 Å². The van der Waals surface area contributed by atoms with Gasteiger partial charge in [0, 0.05) is 18.3 Å². The lowest BCUT2D eigenvalue weighted by atomic mass is 10.1. The fourth-order valence-corrected chi connectivity index (χ4v) is 2.27. The van der Waals surface area contributed by atoms with Crippen molar-refractivity contribution < 1.29 is 10.0 Å². The molecule has 2 atom stereocenters. The van der Waals surface area contributed by atoms with Crippen LogP contribution >= 0.6 is 0 Å². The number of aliphatic hydroxyl groups is 1. The number of nitro benzene ring substituents is 1. The average molecular weight is 275 g/mol. The summed E-state index contributed by atoms with van der Waals surface area (Å²) in [5.74, 6) is 0. The number of hydrogen-bond donors (Lipinski definition) is 2. The van der Waals surface area contributed by atoms with E-state index in [4.69, 9.17) is 0 Å². The highest BCUT2D eigenvalue weighted by Crippen LogP contribution is 2.30. The van der Waals surface area contributed by atoms with E-state index in [1.807, 2.05) is 6.92 Å². The minimum Gasteiger partial charge on any atom is -0.393 e. The van der Waals surface area contributed by atoms with Gasteiger partial charge in [0.15, 0.2) is 0 Å². The van der Waals surface area contributed by atoms with Gasteiger partial charge >= 0.3 is 0 Å². The summed E-state index contributed by atoms with van der Waals surface area (Å²) in [5, 5.41) is 24.1. The van der Waals surface area contributed by atoms with Crippen molar-refractivity contribution in [3.63, 3.8) is 0 Å². The lowest BCUT2D eigenvalue weighted by Crippen LogP contribution is -2.20. The Balaban J connectivity index is 2.40. The second-order valence-corrected chi connectivity index (χ2v) is 4.92. The molecule has 2 rings (SSSR count). The maximum Gasteiger partial charge on any atom is 0.278 e. The second-order valence-electron chi connectivity index (χ2n) is 4.92. The average Bonchev–Trinajstić information content (AvgIpc) is 2.37. The number of benzene rings is 1. The molecule has 6 nitrogen and oxygen atoms in total. The summed E-state index contributed by atoms with van der Waals surface area (Å²) in [6, 6.07) is 6.54. The summed E-state index contributed by atoms with van der Waals surface area (Å²) in [4.78, 5) is 14.8. The number of pyridine rings is 1. The van der Waals surface area contributed by atoms with E-state index in [0.717, 1.165) is 5.69 Å². The van der Waals surface area contributed by atoms with Crippen molar-refractivity contribution in [3.8, 4) is 0 Å². The van der Waals surface area contributed by atoms with E-state index in [-0.39, 0.29) is 11.7 Å². The van der Waals surface area contributed by atoms with Crippen LogP contribution in [0.5, 0.6) is 0 Å². The Morgan fingerprint density at radius 1 is 1.40 bits per heavy atom. The molecule has 20 heavy (non-hydrogen) atoms. The lowest BCUT2D eigenvalue weighted by molar-refractivity contribution is -0.383. The SMILES string of the molecule is CC(O)CC(C)Nc1ccc([N+](=O)[O-])c2cccnc12. The Bertz CT molecular complexity index is 628. The molecule has 0 spiro atoms. The second kappa shape index (κ2) is 5.83. The van der Waals surface area contributed by atoms with Crippen molar-refractivity contribution in [1.29, 1.82) is 0 Å². The van der Waals surface area contributed by atoms with Crippen LogP contribution in [-0.2, 0) is 0 Å². The van der Waals surface area contributed by atoms with Gasteiger partial charge in [0.1, 0.15) is 5.52 Å². The topological polar surface area (TPSA) is 88.3 Å². The molecule has 1 aromatic heterocycles. The van der Waals surface area contributed by atoms with Gasteiger partial charge in [0.2, 0.25) is 0 Å². The maximum absolute atomic E-state index is 11.0. The summed E-state index contributed by atoms with van der Waals surface area (Å²) in [6.07, 6.45) is 1.79. The van der Waals surface area contributed by atoms with E-state index in [1.165, 1.54) is 6.07 Å². The first-order chi connectivity index (χ1) is 9.49. The standard InChI is InChI=1S/C14H17N3O3/c1-9(8-10(2)18)16-12-5-6-13(17(19)20)11-4-3-7-15-14(11)12/h3-7,9-10,16,18H,8H2,1-2H3. The Morgan fingerprint density at radius 3 is 2.80 bits per heavy atom. The third kappa shape index (κ3) is 3.03. The molecule has 0 aliphatic rings. The minimum absolute atomic E-state index is 0.0432. The van der Waals surface area contributed by atoms with Crippen LogP contribution in [-0.4, -0.2) is 27.2 Å². The van der Waals surface area contributed by atoms with Crippen LogP contribution in [0.25, 0.3) is 10.9 Å². The summed E-state index contributed by atoms with van der Waals surface area (Å²) < 4.78 is 0. The summed E-state index contributed by atoms with van der Waals surface area (Å²) in [7, 11) is 0. The molecule has 0 radical (unpaired) electrons. The van der Waals surface area contributed by atoms with Gasteiger partial charge in [-0.3, -0.25) is 15.1 Å². The lowest BCUT2D eigenvalue weighted by Gasteiger charge is -2.17. The number of aliphatic hydroxyl groups excluding tert-OH is 1. The van der Waals surface area contributed by atoms with Crippen LogP contribution < -0.4 is 5.32 Å². The predicted octanol–water partition coefficient (Wildman–Crippen LogP) is 2.71. The molecule has 2 unspecified atom stereocenters. The van der Waals surface area contributed by atoms with Gasteiger partial charge in [0.05, 0.1) is 22.1 Å². The van der Waals surface area contributed by atoms with E-state index in [9.17, 15) is 15.2 Å². The van der Waals surface area contributed by atoms with Gasteiger partial charge in [-0.15, -0.1) is 0 Å². The Kier molecular flexibility index (Phi) is 4.14. The molecule has 6 heteroatoms. The van der Waals surface area contributed by atoms with Crippen LogP contribution in [0.3, 0.4) is 0 Å². The zero-order valence-corrected chi connectivity index (χ0v) is 11.4. The molecule has 106 valence electrons. The molecule has 1 heterocycles. The largest absolute Gasteiger partial charge is 0.393 e. The van der Waals surface area contributed by atoms with E-state index < -0.39 is 11.0 Å². The Hall–Kier alpha value is -2.21. The first-order valence-electron chi connectivity index (χ1n) is 6.45. The number of aromatic nitrogens is 1. The van der Waals surface area contributed by atoms with Crippen LogP contribution in [0.1, 0.15) is 20.3 Å². The van der Waals surface area contributed by atoms with Crippen molar-refractivity contribution >= 4 is 22.3 Å². The third-order valence-corrected chi connectivity index (χ3v) is 3.04. The molecule has 2 N–H and O–H groups in total. The minimum atomic E-state index is -0.410. The van der Waals surface area contributed by atoms with Gasteiger partial charge in [-0.05, 0) is 38.5 Å². The van der Waals surface area contributed by atoms with Gasteiger partial charge in [0.25, 0.3) is 5.69 Å². The van der Waals surface area contributed by atoms with E-state index in [2.05, 4.69) is 10.3 Å². The monoisotopic (exact) mass is 275 g/mol. The van der Waals surface area contributed by atoms with E-state index in [1.54, 1.807) is 31.3 Å².